The van der Waals surface area contributed by atoms with E-state index in [1.807, 2.05) is 0 Å². The van der Waals surface area contributed by atoms with Gasteiger partial charge in [-0.05, 0) is 6.07 Å². The standard InChI is InChI=1S/C9H10N2O4/c12-5-4-10-9(13)7-2-1-3-8(6-7)11(14)15/h1-3,6,12H,4-5H2,(H,10,13). The second-order valence-electron chi connectivity index (χ2n) is 2.79. The average molecular weight is 210 g/mol. The molecular weight excluding hydrogens is 200 g/mol. The lowest BCUT2D eigenvalue weighted by atomic mass is 10.2. The van der Waals surface area contributed by atoms with Crippen molar-refractivity contribution in [3.8, 4) is 0 Å². The number of nitrogens with one attached hydrogen (secondary N) is 1. The molecule has 80 valence electrons. The maximum atomic E-state index is 11.3. The quantitative estimate of drug-likeness (QED) is 0.552. The summed E-state index contributed by atoms with van der Waals surface area (Å²) < 4.78 is 0. The molecule has 0 bridgehead atoms. The third-order valence-electron chi connectivity index (χ3n) is 1.72. The number of carbonyl (C=O) groups excluding carboxylic acids is 1. The first-order valence-electron chi connectivity index (χ1n) is 4.28. The Morgan fingerprint density at radius 3 is 2.87 bits per heavy atom. The zero-order chi connectivity index (χ0) is 11.3. The average Bonchev–Trinajstić information content (AvgIpc) is 2.26. The Kier molecular flexibility index (Phi) is 3.75. The number of carbonyl (C=O) groups is 1. The zero-order valence-corrected chi connectivity index (χ0v) is 7.84. The van der Waals surface area contributed by atoms with E-state index in [1.54, 1.807) is 0 Å². The van der Waals surface area contributed by atoms with E-state index in [4.69, 9.17) is 5.11 Å². The Labute approximate surface area is 85.7 Å². The fraction of sp³-hybridized carbons (Fsp3) is 0.222. The molecule has 6 heteroatoms. The van der Waals surface area contributed by atoms with Crippen molar-refractivity contribution in [3.63, 3.8) is 0 Å². The van der Waals surface area contributed by atoms with Crippen molar-refractivity contribution in [2.24, 2.45) is 0 Å². The summed E-state index contributed by atoms with van der Waals surface area (Å²) in [5, 5.41) is 21.3. The highest BCUT2D eigenvalue weighted by Crippen LogP contribution is 2.12. The van der Waals surface area contributed by atoms with E-state index in [9.17, 15) is 14.9 Å². The topological polar surface area (TPSA) is 92.5 Å². The number of nitro benzene ring substituents is 1. The third-order valence-corrected chi connectivity index (χ3v) is 1.72. The highest BCUT2D eigenvalue weighted by atomic mass is 16.6. The summed E-state index contributed by atoms with van der Waals surface area (Å²) in [6.07, 6.45) is 0. The highest BCUT2D eigenvalue weighted by Gasteiger charge is 2.10. The number of amides is 1. The van der Waals surface area contributed by atoms with Crippen molar-refractivity contribution >= 4 is 11.6 Å². The highest BCUT2D eigenvalue weighted by molar-refractivity contribution is 5.94. The van der Waals surface area contributed by atoms with Crippen LogP contribution in [0, 0.1) is 10.1 Å². The van der Waals surface area contributed by atoms with Gasteiger partial charge >= 0.3 is 0 Å². The molecule has 0 heterocycles. The Balaban J connectivity index is 2.81. The van der Waals surface area contributed by atoms with Gasteiger partial charge in [0, 0.05) is 24.2 Å². The summed E-state index contributed by atoms with van der Waals surface area (Å²) in [7, 11) is 0. The van der Waals surface area contributed by atoms with Crippen LogP contribution >= 0.6 is 0 Å². The van der Waals surface area contributed by atoms with Gasteiger partial charge in [0.2, 0.25) is 0 Å². The number of rotatable bonds is 4. The molecule has 6 nitrogen and oxygen atoms in total. The van der Waals surface area contributed by atoms with Crippen LogP contribution in [0.4, 0.5) is 5.69 Å². The van der Waals surface area contributed by atoms with Gasteiger partial charge < -0.3 is 10.4 Å². The summed E-state index contributed by atoms with van der Waals surface area (Å²) >= 11 is 0. The maximum Gasteiger partial charge on any atom is 0.270 e. The van der Waals surface area contributed by atoms with Crippen LogP contribution in [0.3, 0.4) is 0 Å². The van der Waals surface area contributed by atoms with Gasteiger partial charge in [-0.2, -0.15) is 0 Å². The first-order chi connectivity index (χ1) is 7.15. The minimum atomic E-state index is -0.567. The molecule has 0 aliphatic rings. The molecule has 1 aromatic carbocycles. The maximum absolute atomic E-state index is 11.3. The van der Waals surface area contributed by atoms with E-state index in [2.05, 4.69) is 5.32 Å². The van der Waals surface area contributed by atoms with E-state index >= 15 is 0 Å². The minimum absolute atomic E-state index is 0.127. The lowest BCUT2D eigenvalue weighted by molar-refractivity contribution is -0.384. The number of non-ortho nitro benzene ring substituents is 1. The molecular formula is C9H10N2O4. The Morgan fingerprint density at radius 1 is 1.53 bits per heavy atom. The fourth-order valence-electron chi connectivity index (χ4n) is 1.03. The van der Waals surface area contributed by atoms with Gasteiger partial charge in [-0.1, -0.05) is 6.07 Å². The first-order valence-corrected chi connectivity index (χ1v) is 4.28. The van der Waals surface area contributed by atoms with Crippen molar-refractivity contribution in [2.75, 3.05) is 13.2 Å². The number of nitrogens with zero attached hydrogens (tertiary/aromatic N) is 1. The predicted molar refractivity (Wildman–Crippen MR) is 52.5 cm³/mol. The van der Waals surface area contributed by atoms with Gasteiger partial charge in [-0.25, -0.2) is 0 Å². The molecule has 1 rings (SSSR count). The van der Waals surface area contributed by atoms with Crippen molar-refractivity contribution in [1.29, 1.82) is 0 Å². The molecule has 1 aromatic rings. The van der Waals surface area contributed by atoms with E-state index in [1.165, 1.54) is 24.3 Å². The molecule has 0 saturated heterocycles. The van der Waals surface area contributed by atoms with Crippen LogP contribution in [0.2, 0.25) is 0 Å². The van der Waals surface area contributed by atoms with Crippen LogP contribution in [-0.4, -0.2) is 29.1 Å². The van der Waals surface area contributed by atoms with Gasteiger partial charge in [0.25, 0.3) is 11.6 Å². The van der Waals surface area contributed by atoms with Crippen molar-refractivity contribution in [1.82, 2.24) is 5.32 Å². The van der Waals surface area contributed by atoms with Gasteiger partial charge in [0.15, 0.2) is 0 Å². The second-order valence-corrected chi connectivity index (χ2v) is 2.79. The monoisotopic (exact) mass is 210 g/mol. The third kappa shape index (κ3) is 3.03. The SMILES string of the molecule is O=C(NCCO)c1cccc([N+](=O)[O-])c1. The van der Waals surface area contributed by atoms with Crippen LogP contribution in [0.5, 0.6) is 0 Å². The molecule has 0 aliphatic heterocycles. The normalized spacial score (nSPS) is 9.67. The summed E-state index contributed by atoms with van der Waals surface area (Å²) in [5.74, 6) is -0.437. The Hall–Kier alpha value is -1.95. The molecule has 0 radical (unpaired) electrons. The van der Waals surface area contributed by atoms with Crippen LogP contribution in [0.1, 0.15) is 10.4 Å². The predicted octanol–water partition coefficient (Wildman–Crippen LogP) is 0.317. The molecule has 0 atom stereocenters. The van der Waals surface area contributed by atoms with Crippen LogP contribution < -0.4 is 5.32 Å². The number of nitro groups is 1. The van der Waals surface area contributed by atoms with Crippen molar-refractivity contribution in [3.05, 3.63) is 39.9 Å². The molecule has 1 amide bonds. The summed E-state index contributed by atoms with van der Waals surface area (Å²) in [6, 6.07) is 5.40. The molecule has 0 spiro atoms. The zero-order valence-electron chi connectivity index (χ0n) is 7.84. The molecule has 0 saturated carbocycles. The molecule has 15 heavy (non-hydrogen) atoms. The second kappa shape index (κ2) is 5.06. The summed E-state index contributed by atoms with van der Waals surface area (Å²) in [5.41, 5.74) is 0.0734. The van der Waals surface area contributed by atoms with Gasteiger partial charge in [0.05, 0.1) is 11.5 Å². The van der Waals surface area contributed by atoms with Crippen LogP contribution in [0.25, 0.3) is 0 Å². The lowest BCUT2D eigenvalue weighted by Gasteiger charge is -2.02. The first kappa shape index (κ1) is 11.1. The molecule has 0 fully saturated rings. The number of hydrogen-bond donors (Lipinski definition) is 2. The minimum Gasteiger partial charge on any atom is -0.395 e. The van der Waals surface area contributed by atoms with Crippen molar-refractivity contribution in [2.45, 2.75) is 0 Å². The smallest absolute Gasteiger partial charge is 0.270 e. The van der Waals surface area contributed by atoms with Gasteiger partial charge in [-0.3, -0.25) is 14.9 Å². The Bertz CT molecular complexity index is 378. The molecule has 0 unspecified atom stereocenters. The van der Waals surface area contributed by atoms with Crippen LogP contribution in [0.15, 0.2) is 24.3 Å². The fourth-order valence-corrected chi connectivity index (χ4v) is 1.03. The van der Waals surface area contributed by atoms with E-state index in [-0.39, 0.29) is 24.4 Å². The van der Waals surface area contributed by atoms with Gasteiger partial charge in [0.1, 0.15) is 0 Å². The summed E-state index contributed by atoms with van der Waals surface area (Å²) in [4.78, 5) is 21.2. The largest absolute Gasteiger partial charge is 0.395 e. The van der Waals surface area contributed by atoms with Crippen molar-refractivity contribution < 1.29 is 14.8 Å². The van der Waals surface area contributed by atoms with E-state index in [0.717, 1.165) is 0 Å². The van der Waals surface area contributed by atoms with Crippen LogP contribution in [-0.2, 0) is 0 Å². The van der Waals surface area contributed by atoms with E-state index < -0.39 is 10.8 Å². The number of aliphatic hydroxyl groups excluding tert-OH is 1. The van der Waals surface area contributed by atoms with Gasteiger partial charge in [-0.15, -0.1) is 0 Å². The summed E-state index contributed by atoms with van der Waals surface area (Å²) in [6.45, 7) is -0.0395. The lowest BCUT2D eigenvalue weighted by Crippen LogP contribution is -2.26. The molecule has 0 aromatic heterocycles. The Morgan fingerprint density at radius 2 is 2.27 bits per heavy atom. The molecule has 2 N–H and O–H groups in total. The number of aliphatic hydroxyl groups is 1. The molecule has 0 aliphatic carbocycles. The number of hydrogen-bond acceptors (Lipinski definition) is 4. The van der Waals surface area contributed by atoms with E-state index in [0.29, 0.717) is 0 Å². The number of benzene rings is 1.